The molecule has 0 aromatic heterocycles. The number of nitrogens with one attached hydrogen (secondary N) is 2. The van der Waals surface area contributed by atoms with Gasteiger partial charge in [0, 0.05) is 22.9 Å². The molecule has 0 bridgehead atoms. The maximum atomic E-state index is 12.9. The van der Waals surface area contributed by atoms with E-state index in [9.17, 15) is 18.3 Å². The summed E-state index contributed by atoms with van der Waals surface area (Å²) >= 11 is 0. The summed E-state index contributed by atoms with van der Waals surface area (Å²) in [5.74, 6) is -0.182. The third-order valence-electron chi connectivity index (χ3n) is 4.92. The van der Waals surface area contributed by atoms with Gasteiger partial charge in [0.2, 0.25) is 10.0 Å². The Hall–Kier alpha value is -3.42. The molecule has 0 fully saturated rings. The molecule has 7 heteroatoms. The molecule has 3 aromatic carbocycles. The fourth-order valence-electron chi connectivity index (χ4n) is 3.33. The van der Waals surface area contributed by atoms with Crippen LogP contribution in [-0.4, -0.2) is 19.4 Å². The van der Waals surface area contributed by atoms with Crippen molar-refractivity contribution in [2.75, 3.05) is 5.32 Å². The third kappa shape index (κ3) is 3.98. The zero-order valence-corrected chi connectivity index (χ0v) is 17.0. The van der Waals surface area contributed by atoms with Gasteiger partial charge in [0.15, 0.2) is 0 Å². The first-order valence-corrected chi connectivity index (χ1v) is 10.9. The zero-order valence-electron chi connectivity index (χ0n) is 16.2. The number of hydrogen-bond donors (Lipinski definition) is 3. The van der Waals surface area contributed by atoms with Crippen LogP contribution in [0.3, 0.4) is 0 Å². The minimum atomic E-state index is -3.80. The molecule has 0 radical (unpaired) electrons. The van der Waals surface area contributed by atoms with Crippen molar-refractivity contribution in [1.29, 1.82) is 0 Å². The van der Waals surface area contributed by atoms with E-state index in [1.807, 2.05) is 30.3 Å². The van der Waals surface area contributed by atoms with Crippen molar-refractivity contribution in [1.82, 2.24) is 4.72 Å². The van der Waals surface area contributed by atoms with Gasteiger partial charge in [-0.15, -0.1) is 0 Å². The molecule has 1 amide bonds. The average Bonchev–Trinajstić information content (AvgIpc) is 3.04. The lowest BCUT2D eigenvalue weighted by Gasteiger charge is -2.15. The molecule has 3 N–H and O–H groups in total. The molecule has 4 rings (SSSR count). The Labute approximate surface area is 174 Å². The highest BCUT2D eigenvalue weighted by atomic mass is 32.2. The number of carbonyl (C=O) groups is 1. The van der Waals surface area contributed by atoms with Crippen molar-refractivity contribution in [3.63, 3.8) is 0 Å². The molecule has 0 spiro atoms. The van der Waals surface area contributed by atoms with Gasteiger partial charge in [-0.1, -0.05) is 42.5 Å². The third-order valence-corrected chi connectivity index (χ3v) is 6.46. The van der Waals surface area contributed by atoms with E-state index in [1.165, 1.54) is 24.3 Å². The minimum absolute atomic E-state index is 0.0807. The number of fused-ring (bicyclic) bond motifs is 1. The maximum Gasteiger partial charge on any atom is 0.256 e. The number of aromatic hydroxyl groups is 1. The number of phenolic OH excluding ortho intramolecular Hbond substituents is 1. The van der Waals surface area contributed by atoms with Crippen LogP contribution in [0.5, 0.6) is 5.75 Å². The first-order valence-electron chi connectivity index (χ1n) is 9.37. The highest BCUT2D eigenvalue weighted by Crippen LogP contribution is 2.35. The minimum Gasteiger partial charge on any atom is -0.508 e. The second-order valence-electron chi connectivity index (χ2n) is 7.06. The Balaban J connectivity index is 1.67. The Kier molecular flexibility index (Phi) is 5.15. The lowest BCUT2D eigenvalue weighted by molar-refractivity contribution is -0.110. The van der Waals surface area contributed by atoms with Crippen LogP contribution in [0.2, 0.25) is 0 Å². The number of sulfonamides is 1. The molecule has 0 aliphatic carbocycles. The van der Waals surface area contributed by atoms with Crippen LogP contribution >= 0.6 is 0 Å². The van der Waals surface area contributed by atoms with Crippen LogP contribution in [0.1, 0.15) is 29.7 Å². The van der Waals surface area contributed by atoms with E-state index < -0.39 is 16.1 Å². The maximum absolute atomic E-state index is 12.9. The van der Waals surface area contributed by atoms with Crippen molar-refractivity contribution in [3.8, 4) is 5.75 Å². The smallest absolute Gasteiger partial charge is 0.256 e. The number of carbonyl (C=O) groups excluding carboxylic acids is 1. The van der Waals surface area contributed by atoms with E-state index in [1.54, 1.807) is 31.2 Å². The van der Waals surface area contributed by atoms with Gasteiger partial charge >= 0.3 is 0 Å². The van der Waals surface area contributed by atoms with E-state index in [0.29, 0.717) is 16.8 Å². The Morgan fingerprint density at radius 3 is 2.40 bits per heavy atom. The summed E-state index contributed by atoms with van der Waals surface area (Å²) in [4.78, 5) is 12.5. The van der Waals surface area contributed by atoms with E-state index in [2.05, 4.69) is 10.0 Å². The first kappa shape index (κ1) is 19.9. The Morgan fingerprint density at radius 1 is 1.00 bits per heavy atom. The second kappa shape index (κ2) is 7.78. The molecule has 1 aliphatic heterocycles. The SMILES string of the molecule is CC(NS(=O)(=O)c1ccc2c(c1)/C(=C\c1ccc(O)cc1)C(=O)N2)c1ccccc1. The van der Waals surface area contributed by atoms with Gasteiger partial charge in [-0.05, 0) is 54.5 Å². The molecular formula is C23H20N2O4S. The highest BCUT2D eigenvalue weighted by molar-refractivity contribution is 7.89. The molecule has 152 valence electrons. The molecule has 3 aromatic rings. The summed E-state index contributed by atoms with van der Waals surface area (Å²) in [5, 5.41) is 12.2. The van der Waals surface area contributed by atoms with Crippen LogP contribution in [0, 0.1) is 0 Å². The van der Waals surface area contributed by atoms with Crippen LogP contribution in [0.15, 0.2) is 77.7 Å². The molecule has 1 aliphatic rings. The molecule has 30 heavy (non-hydrogen) atoms. The van der Waals surface area contributed by atoms with Crippen LogP contribution < -0.4 is 10.0 Å². The van der Waals surface area contributed by atoms with Gasteiger partial charge in [0.25, 0.3) is 5.91 Å². The Bertz CT molecular complexity index is 1230. The molecule has 0 saturated carbocycles. The van der Waals surface area contributed by atoms with Crippen LogP contribution in [-0.2, 0) is 14.8 Å². The summed E-state index contributed by atoms with van der Waals surface area (Å²) in [6.07, 6.45) is 1.66. The van der Waals surface area contributed by atoms with Crippen molar-refractivity contribution >= 4 is 33.3 Å². The molecule has 1 unspecified atom stereocenters. The van der Waals surface area contributed by atoms with Gasteiger partial charge in [0.1, 0.15) is 5.75 Å². The topological polar surface area (TPSA) is 95.5 Å². The summed E-state index contributed by atoms with van der Waals surface area (Å²) in [7, 11) is -3.80. The normalized spacial score (nSPS) is 15.6. The first-order chi connectivity index (χ1) is 14.3. The molecule has 1 heterocycles. The average molecular weight is 420 g/mol. The number of rotatable bonds is 5. The number of anilines is 1. The van der Waals surface area contributed by atoms with Gasteiger partial charge in [-0.2, -0.15) is 0 Å². The van der Waals surface area contributed by atoms with E-state index >= 15 is 0 Å². The standard InChI is InChI=1S/C23H20N2O4S/c1-15(17-5-3-2-4-6-17)25-30(28,29)19-11-12-22-20(14-19)21(23(27)24-22)13-16-7-9-18(26)10-8-16/h2-15,25-26H,1H3,(H,24,27)/b21-13+. The largest absolute Gasteiger partial charge is 0.508 e. The second-order valence-corrected chi connectivity index (χ2v) is 8.78. The summed E-state index contributed by atoms with van der Waals surface area (Å²) in [6, 6.07) is 19.9. The molecule has 0 saturated heterocycles. The van der Waals surface area contributed by atoms with Gasteiger partial charge in [0.05, 0.1) is 4.90 Å². The van der Waals surface area contributed by atoms with Gasteiger partial charge in [-0.3, -0.25) is 4.79 Å². The highest BCUT2D eigenvalue weighted by Gasteiger charge is 2.27. The van der Waals surface area contributed by atoms with Gasteiger partial charge < -0.3 is 10.4 Å². The monoisotopic (exact) mass is 420 g/mol. The number of phenols is 1. The lowest BCUT2D eigenvalue weighted by atomic mass is 10.0. The number of benzene rings is 3. The molecular weight excluding hydrogens is 400 g/mol. The molecule has 6 nitrogen and oxygen atoms in total. The van der Waals surface area contributed by atoms with Crippen LogP contribution in [0.25, 0.3) is 11.6 Å². The van der Waals surface area contributed by atoms with Crippen molar-refractivity contribution in [3.05, 3.63) is 89.5 Å². The van der Waals surface area contributed by atoms with E-state index in [-0.39, 0.29) is 16.6 Å². The fourth-order valence-corrected chi connectivity index (χ4v) is 4.58. The van der Waals surface area contributed by atoms with Crippen molar-refractivity contribution < 1.29 is 18.3 Å². The van der Waals surface area contributed by atoms with Crippen molar-refractivity contribution in [2.45, 2.75) is 17.9 Å². The summed E-state index contributed by atoms with van der Waals surface area (Å²) < 4.78 is 28.6. The number of hydrogen-bond acceptors (Lipinski definition) is 4. The van der Waals surface area contributed by atoms with Crippen molar-refractivity contribution in [2.24, 2.45) is 0 Å². The summed E-state index contributed by atoms with van der Waals surface area (Å²) in [5.41, 5.74) is 3.01. The predicted molar refractivity (Wildman–Crippen MR) is 116 cm³/mol. The summed E-state index contributed by atoms with van der Waals surface area (Å²) in [6.45, 7) is 1.78. The zero-order chi connectivity index (χ0) is 21.3. The van der Waals surface area contributed by atoms with Gasteiger partial charge in [-0.25, -0.2) is 13.1 Å². The predicted octanol–water partition coefficient (Wildman–Crippen LogP) is 3.92. The quantitative estimate of drug-likeness (QED) is 0.545. The fraction of sp³-hybridized carbons (Fsp3) is 0.0870. The molecule has 1 atom stereocenters. The van der Waals surface area contributed by atoms with E-state index in [4.69, 9.17) is 0 Å². The van der Waals surface area contributed by atoms with Crippen LogP contribution in [0.4, 0.5) is 5.69 Å². The number of amides is 1. The van der Waals surface area contributed by atoms with E-state index in [0.717, 1.165) is 11.1 Å². The lowest BCUT2D eigenvalue weighted by Crippen LogP contribution is -2.26. The Morgan fingerprint density at radius 2 is 1.70 bits per heavy atom.